The van der Waals surface area contributed by atoms with Crippen LogP contribution in [0.15, 0.2) is 4.99 Å². The Balaban J connectivity index is 3.19. The van der Waals surface area contributed by atoms with Crippen molar-refractivity contribution in [2.45, 2.75) is 33.3 Å². The molecule has 0 spiro atoms. The second-order valence-corrected chi connectivity index (χ2v) is 3.24. The minimum absolute atomic E-state index is 0.0796. The van der Waals surface area contributed by atoms with E-state index >= 15 is 0 Å². The van der Waals surface area contributed by atoms with Crippen LogP contribution in [0.25, 0.3) is 0 Å². The number of hydrogen-bond acceptors (Lipinski definition) is 6. The van der Waals surface area contributed by atoms with E-state index in [1.807, 2.05) is 13.8 Å². The number of rotatable bonds is 4. The smallest absolute Gasteiger partial charge is 0.243 e. The molecule has 1 aromatic heterocycles. The van der Waals surface area contributed by atoms with Gasteiger partial charge < -0.3 is 15.9 Å². The first kappa shape index (κ1) is 12.4. The minimum Gasteiger partial charge on any atom is -0.492 e. The van der Waals surface area contributed by atoms with Gasteiger partial charge in [-0.15, -0.1) is 0 Å². The molecule has 0 saturated heterocycles. The van der Waals surface area contributed by atoms with Gasteiger partial charge in [-0.05, 0) is 12.8 Å². The van der Waals surface area contributed by atoms with E-state index in [1.54, 1.807) is 0 Å². The van der Waals surface area contributed by atoms with Gasteiger partial charge in [0.15, 0.2) is 17.3 Å². The molecule has 0 saturated carbocycles. The summed E-state index contributed by atoms with van der Waals surface area (Å²) < 4.78 is 0. The van der Waals surface area contributed by atoms with E-state index in [9.17, 15) is 5.11 Å². The number of hydrogen-bond donors (Lipinski definition) is 3. The molecule has 6 heteroatoms. The van der Waals surface area contributed by atoms with Crippen LogP contribution < -0.4 is 5.73 Å². The van der Waals surface area contributed by atoms with Crippen molar-refractivity contribution in [3.8, 4) is 5.88 Å². The summed E-state index contributed by atoms with van der Waals surface area (Å²) >= 11 is 0. The lowest BCUT2D eigenvalue weighted by molar-refractivity contribution is 0.269. The standard InChI is InChI=1S/C10H16N4O2/c1-3-6(4-2)12-8-9(11)13-7(5-15)14-10(8)16/h15H,3-5H2,1-2H3,(H3,11,13,14,16). The number of nitrogens with two attached hydrogens (primary N) is 1. The number of aromatic hydroxyl groups is 1. The Morgan fingerprint density at radius 3 is 2.38 bits per heavy atom. The average Bonchev–Trinajstić information content (AvgIpc) is 2.28. The molecule has 0 bridgehead atoms. The van der Waals surface area contributed by atoms with Crippen molar-refractivity contribution in [2.75, 3.05) is 5.73 Å². The number of aliphatic hydroxyl groups is 1. The lowest BCUT2D eigenvalue weighted by atomic mass is 10.2. The van der Waals surface area contributed by atoms with Gasteiger partial charge in [0.2, 0.25) is 5.88 Å². The molecule has 0 fully saturated rings. The summed E-state index contributed by atoms with van der Waals surface area (Å²) in [7, 11) is 0. The molecular weight excluding hydrogens is 208 g/mol. The Kier molecular flexibility index (Phi) is 4.19. The maximum absolute atomic E-state index is 9.59. The largest absolute Gasteiger partial charge is 0.492 e. The summed E-state index contributed by atoms with van der Waals surface area (Å²) in [6, 6.07) is 0. The monoisotopic (exact) mass is 224 g/mol. The highest BCUT2D eigenvalue weighted by Crippen LogP contribution is 2.30. The Morgan fingerprint density at radius 1 is 1.31 bits per heavy atom. The highest BCUT2D eigenvalue weighted by atomic mass is 16.3. The molecule has 0 aliphatic heterocycles. The molecule has 16 heavy (non-hydrogen) atoms. The van der Waals surface area contributed by atoms with Gasteiger partial charge in [-0.25, -0.2) is 9.98 Å². The van der Waals surface area contributed by atoms with Gasteiger partial charge in [-0.1, -0.05) is 13.8 Å². The summed E-state index contributed by atoms with van der Waals surface area (Å²) in [6.45, 7) is 3.58. The highest BCUT2D eigenvalue weighted by Gasteiger charge is 2.10. The third-order valence-electron chi connectivity index (χ3n) is 2.17. The lowest BCUT2D eigenvalue weighted by Crippen LogP contribution is -2.01. The molecule has 0 aliphatic carbocycles. The number of nitrogen functional groups attached to an aromatic ring is 1. The van der Waals surface area contributed by atoms with Crippen molar-refractivity contribution in [2.24, 2.45) is 4.99 Å². The fourth-order valence-electron chi connectivity index (χ4n) is 1.25. The Hall–Kier alpha value is -1.69. The first-order valence-electron chi connectivity index (χ1n) is 5.15. The fraction of sp³-hybridized carbons (Fsp3) is 0.500. The Bertz CT molecular complexity index is 375. The van der Waals surface area contributed by atoms with E-state index in [2.05, 4.69) is 15.0 Å². The molecule has 0 unspecified atom stereocenters. The first-order chi connectivity index (χ1) is 7.62. The zero-order valence-electron chi connectivity index (χ0n) is 9.43. The number of aromatic nitrogens is 2. The fourth-order valence-corrected chi connectivity index (χ4v) is 1.25. The van der Waals surface area contributed by atoms with Gasteiger partial charge in [0.1, 0.15) is 6.61 Å². The van der Waals surface area contributed by atoms with Crippen molar-refractivity contribution < 1.29 is 10.2 Å². The van der Waals surface area contributed by atoms with Crippen LogP contribution in [0.2, 0.25) is 0 Å². The van der Waals surface area contributed by atoms with E-state index in [1.165, 1.54) is 0 Å². The molecule has 1 rings (SSSR count). The molecule has 88 valence electrons. The quantitative estimate of drug-likeness (QED) is 0.665. The highest BCUT2D eigenvalue weighted by molar-refractivity contribution is 5.88. The minimum atomic E-state index is -0.365. The van der Waals surface area contributed by atoms with Crippen molar-refractivity contribution in [1.29, 1.82) is 0 Å². The van der Waals surface area contributed by atoms with E-state index < -0.39 is 0 Å². The lowest BCUT2D eigenvalue weighted by Gasteiger charge is -2.06. The molecule has 6 nitrogen and oxygen atoms in total. The normalized spacial score (nSPS) is 10.2. The van der Waals surface area contributed by atoms with Crippen LogP contribution in [0.1, 0.15) is 32.5 Å². The van der Waals surface area contributed by atoms with Crippen molar-refractivity contribution in [1.82, 2.24) is 9.97 Å². The van der Waals surface area contributed by atoms with E-state index in [-0.39, 0.29) is 29.8 Å². The van der Waals surface area contributed by atoms with Gasteiger partial charge in [0, 0.05) is 5.71 Å². The zero-order chi connectivity index (χ0) is 12.1. The van der Waals surface area contributed by atoms with Gasteiger partial charge in [-0.2, -0.15) is 4.98 Å². The molecule has 0 aliphatic rings. The molecule has 1 heterocycles. The molecule has 0 radical (unpaired) electrons. The van der Waals surface area contributed by atoms with Crippen LogP contribution >= 0.6 is 0 Å². The molecule has 0 aromatic carbocycles. The van der Waals surface area contributed by atoms with Crippen LogP contribution in [0.5, 0.6) is 5.88 Å². The Morgan fingerprint density at radius 2 is 1.94 bits per heavy atom. The SMILES string of the molecule is CCC(CC)=Nc1c(N)nc(CO)nc1O. The van der Waals surface area contributed by atoms with Crippen molar-refractivity contribution >= 4 is 17.2 Å². The zero-order valence-corrected chi connectivity index (χ0v) is 9.43. The van der Waals surface area contributed by atoms with Crippen LogP contribution in [-0.2, 0) is 6.61 Å². The van der Waals surface area contributed by atoms with Gasteiger partial charge in [0.25, 0.3) is 0 Å². The summed E-state index contributed by atoms with van der Waals surface area (Å²) in [6.07, 6.45) is 1.55. The summed E-state index contributed by atoms with van der Waals surface area (Å²) in [4.78, 5) is 11.7. The predicted molar refractivity (Wildman–Crippen MR) is 61.7 cm³/mol. The third-order valence-corrected chi connectivity index (χ3v) is 2.17. The molecule has 0 amide bonds. The number of aliphatic hydroxyl groups excluding tert-OH is 1. The topological polar surface area (TPSA) is 105 Å². The predicted octanol–water partition coefficient (Wildman–Crippen LogP) is 1.15. The number of anilines is 1. The number of aliphatic imine (C=N–C) groups is 1. The Labute approximate surface area is 93.9 Å². The average molecular weight is 224 g/mol. The van der Waals surface area contributed by atoms with Crippen molar-refractivity contribution in [3.63, 3.8) is 0 Å². The second kappa shape index (κ2) is 5.41. The second-order valence-electron chi connectivity index (χ2n) is 3.24. The van der Waals surface area contributed by atoms with Crippen LogP contribution in [0, 0.1) is 0 Å². The maximum Gasteiger partial charge on any atom is 0.243 e. The van der Waals surface area contributed by atoms with Gasteiger partial charge in [-0.3, -0.25) is 0 Å². The van der Waals surface area contributed by atoms with Crippen LogP contribution in [-0.4, -0.2) is 25.9 Å². The maximum atomic E-state index is 9.59. The molecule has 4 N–H and O–H groups in total. The van der Waals surface area contributed by atoms with Gasteiger partial charge in [0.05, 0.1) is 0 Å². The molecular formula is C10H16N4O2. The summed E-state index contributed by atoms with van der Waals surface area (Å²) in [5.41, 5.74) is 6.71. The summed E-state index contributed by atoms with van der Waals surface area (Å²) in [5, 5.41) is 18.4. The van der Waals surface area contributed by atoms with E-state index in [0.29, 0.717) is 0 Å². The van der Waals surface area contributed by atoms with Crippen molar-refractivity contribution in [3.05, 3.63) is 5.82 Å². The van der Waals surface area contributed by atoms with E-state index in [0.717, 1.165) is 18.6 Å². The molecule has 1 aromatic rings. The molecule has 0 atom stereocenters. The van der Waals surface area contributed by atoms with Crippen LogP contribution in [0.3, 0.4) is 0 Å². The van der Waals surface area contributed by atoms with Crippen LogP contribution in [0.4, 0.5) is 11.5 Å². The van der Waals surface area contributed by atoms with Gasteiger partial charge >= 0.3 is 0 Å². The summed E-state index contributed by atoms with van der Waals surface area (Å²) in [5.74, 6) is -0.129. The third kappa shape index (κ3) is 2.66. The first-order valence-corrected chi connectivity index (χ1v) is 5.15. The van der Waals surface area contributed by atoms with E-state index in [4.69, 9.17) is 10.8 Å². The number of nitrogens with zero attached hydrogens (tertiary/aromatic N) is 3.